The maximum atomic E-state index is 12.4. The van der Waals surface area contributed by atoms with Crippen LogP contribution in [0.3, 0.4) is 0 Å². The maximum absolute atomic E-state index is 12.4. The third-order valence-electron chi connectivity index (χ3n) is 7.29. The van der Waals surface area contributed by atoms with Crippen LogP contribution in [0.4, 0.5) is 0 Å². The van der Waals surface area contributed by atoms with Crippen molar-refractivity contribution in [3.8, 4) is 0 Å². The van der Waals surface area contributed by atoms with Crippen molar-refractivity contribution in [3.63, 3.8) is 0 Å². The lowest BCUT2D eigenvalue weighted by molar-refractivity contribution is -0.138. The van der Waals surface area contributed by atoms with Crippen LogP contribution < -0.4 is 0 Å². The fourth-order valence-electron chi connectivity index (χ4n) is 5.99. The number of carbonyl (C=O) groups is 2. The lowest BCUT2D eigenvalue weighted by atomic mass is 9.53. The minimum atomic E-state index is -0.325. The van der Waals surface area contributed by atoms with Gasteiger partial charge in [0.15, 0.2) is 5.78 Å². The first-order valence-corrected chi connectivity index (χ1v) is 9.35. The molecule has 0 aliphatic heterocycles. The van der Waals surface area contributed by atoms with E-state index in [1.165, 1.54) is 5.57 Å². The number of aliphatic hydroxyl groups excluding tert-OH is 1. The lowest BCUT2D eigenvalue weighted by Crippen LogP contribution is -2.48. The molecule has 3 aliphatic rings. The summed E-state index contributed by atoms with van der Waals surface area (Å²) in [5.74, 6) is 2.64. The molecule has 0 aromatic carbocycles. The predicted molar refractivity (Wildman–Crippen MR) is 89.9 cm³/mol. The van der Waals surface area contributed by atoms with E-state index in [9.17, 15) is 14.7 Å². The molecule has 3 rings (SSSR count). The largest absolute Gasteiger partial charge is 0.396 e. The van der Waals surface area contributed by atoms with Gasteiger partial charge >= 0.3 is 0 Å². The van der Waals surface area contributed by atoms with E-state index < -0.39 is 0 Å². The van der Waals surface area contributed by atoms with Crippen LogP contribution in [0, 0.1) is 29.1 Å². The van der Waals surface area contributed by atoms with Crippen LogP contribution >= 0.6 is 0 Å². The van der Waals surface area contributed by atoms with Gasteiger partial charge in [-0.3, -0.25) is 9.59 Å². The Labute approximate surface area is 139 Å². The van der Waals surface area contributed by atoms with E-state index in [2.05, 4.69) is 6.92 Å². The fourth-order valence-corrected chi connectivity index (χ4v) is 5.99. The Morgan fingerprint density at radius 1 is 1.26 bits per heavy atom. The van der Waals surface area contributed by atoms with E-state index in [1.54, 1.807) is 6.92 Å². The third kappa shape index (κ3) is 2.82. The van der Waals surface area contributed by atoms with Gasteiger partial charge in [0.05, 0.1) is 0 Å². The molecule has 128 valence electrons. The van der Waals surface area contributed by atoms with Crippen LogP contribution in [-0.2, 0) is 9.59 Å². The van der Waals surface area contributed by atoms with Crippen LogP contribution in [0.1, 0.15) is 65.2 Å². The molecule has 3 aliphatic carbocycles. The first-order chi connectivity index (χ1) is 11.0. The Morgan fingerprint density at radius 2 is 2.04 bits per heavy atom. The van der Waals surface area contributed by atoms with E-state index in [1.807, 2.05) is 6.08 Å². The normalized spacial score (nSPS) is 40.7. The number of carbonyl (C=O) groups excluding carboxylic acids is 2. The summed E-state index contributed by atoms with van der Waals surface area (Å²) < 4.78 is 0. The lowest BCUT2D eigenvalue weighted by Gasteiger charge is -2.50. The second kappa shape index (κ2) is 6.51. The van der Waals surface area contributed by atoms with Gasteiger partial charge in [0, 0.05) is 18.4 Å². The number of aliphatic hydroxyl groups is 1. The number of Topliss-reactive ketones (excluding diaryl/α,β-unsaturated/α-hetero) is 1. The van der Waals surface area contributed by atoms with Gasteiger partial charge in [-0.2, -0.15) is 0 Å². The number of hydrogen-bond donors (Lipinski definition) is 1. The van der Waals surface area contributed by atoms with E-state index >= 15 is 0 Å². The maximum Gasteiger partial charge on any atom is 0.155 e. The molecule has 0 heterocycles. The molecule has 0 spiro atoms. The summed E-state index contributed by atoms with van der Waals surface area (Å²) >= 11 is 0. The van der Waals surface area contributed by atoms with Crippen molar-refractivity contribution >= 4 is 11.6 Å². The summed E-state index contributed by atoms with van der Waals surface area (Å²) in [6.45, 7) is 4.06. The molecule has 2 saturated carbocycles. The van der Waals surface area contributed by atoms with Gasteiger partial charge in [-0.1, -0.05) is 12.5 Å². The highest BCUT2D eigenvalue weighted by Crippen LogP contribution is 2.56. The van der Waals surface area contributed by atoms with Gasteiger partial charge in [0.2, 0.25) is 0 Å². The number of allylic oxidation sites excluding steroid dienone is 2. The Balaban J connectivity index is 1.90. The zero-order chi connectivity index (χ0) is 16.6. The molecule has 0 saturated heterocycles. The van der Waals surface area contributed by atoms with Crippen LogP contribution in [0.15, 0.2) is 11.6 Å². The summed E-state index contributed by atoms with van der Waals surface area (Å²) in [7, 11) is 0. The van der Waals surface area contributed by atoms with Crippen LogP contribution in [0.5, 0.6) is 0 Å². The van der Waals surface area contributed by atoms with E-state index in [4.69, 9.17) is 0 Å². The van der Waals surface area contributed by atoms with Crippen LogP contribution in [-0.4, -0.2) is 23.3 Å². The zero-order valence-corrected chi connectivity index (χ0v) is 14.5. The molecule has 0 amide bonds. The molecule has 2 fully saturated rings. The molecule has 0 aromatic rings. The molecule has 3 heteroatoms. The standard InChI is InChI=1S/C20H30O3/c1-13-17-5-3-4-15-12-16(23)6-7-18(15)19(17)8-9-20(13,10-11-21)14(2)22/h12-13,17-19,21H,3-11H2,1-2H3. The second-order valence-corrected chi connectivity index (χ2v) is 8.06. The molecule has 23 heavy (non-hydrogen) atoms. The molecule has 0 radical (unpaired) electrons. The van der Waals surface area contributed by atoms with E-state index in [0.717, 1.165) is 38.5 Å². The van der Waals surface area contributed by atoms with Gasteiger partial charge in [-0.25, -0.2) is 0 Å². The Kier molecular flexibility index (Phi) is 4.78. The Bertz CT molecular complexity index is 521. The quantitative estimate of drug-likeness (QED) is 0.863. The fraction of sp³-hybridized carbons (Fsp3) is 0.800. The van der Waals surface area contributed by atoms with Gasteiger partial charge < -0.3 is 5.11 Å². The predicted octanol–water partition coefficient (Wildman–Crippen LogP) is 3.70. The highest BCUT2D eigenvalue weighted by Gasteiger charge is 2.51. The number of fused-ring (bicyclic) bond motifs is 3. The van der Waals surface area contributed by atoms with E-state index in [-0.39, 0.29) is 17.8 Å². The smallest absolute Gasteiger partial charge is 0.155 e. The molecule has 5 unspecified atom stereocenters. The average Bonchev–Trinajstić information content (AvgIpc) is 2.69. The Morgan fingerprint density at radius 3 is 2.74 bits per heavy atom. The van der Waals surface area contributed by atoms with Crippen molar-refractivity contribution in [2.45, 2.75) is 65.2 Å². The van der Waals surface area contributed by atoms with Crippen molar-refractivity contribution in [1.82, 2.24) is 0 Å². The van der Waals surface area contributed by atoms with E-state index in [0.29, 0.717) is 42.3 Å². The second-order valence-electron chi connectivity index (χ2n) is 8.06. The molecule has 1 N–H and O–H groups in total. The molecule has 5 atom stereocenters. The third-order valence-corrected chi connectivity index (χ3v) is 7.29. The van der Waals surface area contributed by atoms with Crippen molar-refractivity contribution in [2.75, 3.05) is 6.61 Å². The summed E-state index contributed by atoms with van der Waals surface area (Å²) in [6.07, 6.45) is 9.58. The van der Waals surface area contributed by atoms with Crippen LogP contribution in [0.25, 0.3) is 0 Å². The topological polar surface area (TPSA) is 54.4 Å². The van der Waals surface area contributed by atoms with Crippen LogP contribution in [0.2, 0.25) is 0 Å². The monoisotopic (exact) mass is 318 g/mol. The van der Waals surface area contributed by atoms with Gasteiger partial charge in [0.25, 0.3) is 0 Å². The van der Waals surface area contributed by atoms with Gasteiger partial charge in [-0.15, -0.1) is 0 Å². The first-order valence-electron chi connectivity index (χ1n) is 9.35. The number of ketones is 2. The van der Waals surface area contributed by atoms with Gasteiger partial charge in [0.1, 0.15) is 5.78 Å². The van der Waals surface area contributed by atoms with Crippen molar-refractivity contribution < 1.29 is 14.7 Å². The summed E-state index contributed by atoms with van der Waals surface area (Å²) in [5, 5.41) is 9.52. The average molecular weight is 318 g/mol. The molecule has 0 bridgehead atoms. The summed E-state index contributed by atoms with van der Waals surface area (Å²) in [4.78, 5) is 24.2. The SMILES string of the molecule is CC(=O)C1(CCO)CCC2C3CCC(=O)C=C3CCCC2C1C. The summed E-state index contributed by atoms with van der Waals surface area (Å²) in [5.41, 5.74) is 1.06. The highest BCUT2D eigenvalue weighted by molar-refractivity contribution is 5.91. The molecule has 3 nitrogen and oxygen atoms in total. The van der Waals surface area contributed by atoms with Crippen molar-refractivity contribution in [1.29, 1.82) is 0 Å². The number of hydrogen-bond acceptors (Lipinski definition) is 3. The Hall–Kier alpha value is -0.960. The molecular weight excluding hydrogens is 288 g/mol. The zero-order valence-electron chi connectivity index (χ0n) is 14.5. The highest BCUT2D eigenvalue weighted by atomic mass is 16.3. The van der Waals surface area contributed by atoms with Gasteiger partial charge in [-0.05, 0) is 81.6 Å². The summed E-state index contributed by atoms with van der Waals surface area (Å²) in [6, 6.07) is 0. The minimum Gasteiger partial charge on any atom is -0.396 e. The molecular formula is C20H30O3. The van der Waals surface area contributed by atoms with Crippen molar-refractivity contribution in [2.24, 2.45) is 29.1 Å². The minimum absolute atomic E-state index is 0.102. The molecule has 0 aromatic heterocycles. The van der Waals surface area contributed by atoms with Crippen molar-refractivity contribution in [3.05, 3.63) is 11.6 Å². The first kappa shape index (κ1) is 16.9. The number of rotatable bonds is 3.